The molecule has 2 aromatic carbocycles. The van der Waals surface area contributed by atoms with Crippen molar-refractivity contribution in [3.8, 4) is 5.75 Å². The highest BCUT2D eigenvalue weighted by molar-refractivity contribution is 5.94. The largest absolute Gasteiger partial charge is 0.493 e. The Morgan fingerprint density at radius 2 is 1.76 bits per heavy atom. The topological polar surface area (TPSA) is 29.5 Å². The molecule has 2 aliphatic heterocycles. The molecule has 1 unspecified atom stereocenters. The van der Waals surface area contributed by atoms with Gasteiger partial charge < -0.3 is 9.64 Å². The maximum absolute atomic E-state index is 12.5. The average molecular weight is 335 g/mol. The van der Waals surface area contributed by atoms with Gasteiger partial charge in [-0.2, -0.15) is 0 Å². The summed E-state index contributed by atoms with van der Waals surface area (Å²) in [5.74, 6) is 1.71. The first-order valence-electron chi connectivity index (χ1n) is 9.38. The van der Waals surface area contributed by atoms with Crippen molar-refractivity contribution in [2.24, 2.45) is 5.92 Å². The van der Waals surface area contributed by atoms with Crippen LogP contribution in [0, 0.1) is 5.92 Å². The summed E-state index contributed by atoms with van der Waals surface area (Å²) < 4.78 is 5.89. The maximum Gasteiger partial charge on any atom is 0.253 e. The van der Waals surface area contributed by atoms with Crippen LogP contribution in [0.15, 0.2) is 48.5 Å². The fraction of sp³-hybridized carbons (Fsp3) is 0.409. The summed E-state index contributed by atoms with van der Waals surface area (Å²) in [5.41, 5.74) is 3.40. The van der Waals surface area contributed by atoms with Crippen LogP contribution < -0.4 is 4.74 Å². The first-order chi connectivity index (χ1) is 12.3. The molecule has 1 saturated heterocycles. The molecule has 2 heterocycles. The van der Waals surface area contributed by atoms with Crippen LogP contribution in [-0.4, -0.2) is 30.5 Å². The average Bonchev–Trinajstić information content (AvgIpc) is 2.69. The second-order valence-electron chi connectivity index (χ2n) is 7.24. The highest BCUT2D eigenvalue weighted by atomic mass is 16.5. The molecule has 0 N–H and O–H groups in total. The Labute approximate surface area is 149 Å². The smallest absolute Gasteiger partial charge is 0.253 e. The third-order valence-corrected chi connectivity index (χ3v) is 5.32. The van der Waals surface area contributed by atoms with Crippen molar-refractivity contribution in [1.82, 2.24) is 4.90 Å². The minimum absolute atomic E-state index is 0.182. The monoisotopic (exact) mass is 335 g/mol. The van der Waals surface area contributed by atoms with E-state index < -0.39 is 0 Å². The van der Waals surface area contributed by atoms with E-state index in [2.05, 4.69) is 24.3 Å². The van der Waals surface area contributed by atoms with Crippen molar-refractivity contribution >= 4 is 5.91 Å². The maximum atomic E-state index is 12.5. The molecule has 3 nitrogen and oxygen atoms in total. The van der Waals surface area contributed by atoms with Gasteiger partial charge in [0, 0.05) is 24.6 Å². The molecule has 1 atom stereocenters. The van der Waals surface area contributed by atoms with Crippen LogP contribution >= 0.6 is 0 Å². The summed E-state index contributed by atoms with van der Waals surface area (Å²) >= 11 is 0. The van der Waals surface area contributed by atoms with Crippen LogP contribution in [0.5, 0.6) is 5.75 Å². The summed E-state index contributed by atoms with van der Waals surface area (Å²) in [6, 6.07) is 16.5. The first-order valence-corrected chi connectivity index (χ1v) is 9.38. The second kappa shape index (κ2) is 7.30. The van der Waals surface area contributed by atoms with Gasteiger partial charge in [-0.05, 0) is 61.4 Å². The molecule has 0 bridgehead atoms. The van der Waals surface area contributed by atoms with E-state index >= 15 is 0 Å². The van der Waals surface area contributed by atoms with E-state index in [-0.39, 0.29) is 5.91 Å². The number of piperidine rings is 1. The molecular formula is C22H25NO2. The molecule has 0 radical (unpaired) electrons. The zero-order valence-corrected chi connectivity index (χ0v) is 14.6. The lowest BCUT2D eigenvalue weighted by molar-refractivity contribution is 0.0724. The van der Waals surface area contributed by atoms with Crippen LogP contribution in [0.25, 0.3) is 0 Å². The van der Waals surface area contributed by atoms with Gasteiger partial charge in [-0.25, -0.2) is 0 Å². The van der Waals surface area contributed by atoms with Crippen molar-refractivity contribution in [1.29, 1.82) is 0 Å². The number of carbonyl (C=O) groups excluding carboxylic acids is 1. The highest BCUT2D eigenvalue weighted by Gasteiger charge is 2.21. The summed E-state index contributed by atoms with van der Waals surface area (Å²) in [6.07, 6.45) is 5.56. The van der Waals surface area contributed by atoms with Gasteiger partial charge >= 0.3 is 0 Å². The van der Waals surface area contributed by atoms with Gasteiger partial charge in [0.05, 0.1) is 6.61 Å². The number of rotatable bonds is 3. The molecule has 1 fully saturated rings. The zero-order valence-electron chi connectivity index (χ0n) is 14.6. The molecule has 4 rings (SSSR count). The fourth-order valence-corrected chi connectivity index (χ4v) is 3.92. The number of fused-ring (bicyclic) bond motifs is 1. The summed E-state index contributed by atoms with van der Waals surface area (Å²) in [4.78, 5) is 14.5. The molecule has 2 aromatic rings. The lowest BCUT2D eigenvalue weighted by Gasteiger charge is -2.27. The Kier molecular flexibility index (Phi) is 4.73. The Hall–Kier alpha value is -2.29. The number of hydrogen-bond donors (Lipinski definition) is 0. The van der Waals surface area contributed by atoms with Gasteiger partial charge in [-0.3, -0.25) is 4.79 Å². The molecule has 0 spiro atoms. The van der Waals surface area contributed by atoms with Crippen molar-refractivity contribution < 1.29 is 9.53 Å². The molecule has 25 heavy (non-hydrogen) atoms. The number of para-hydroxylation sites is 1. The van der Waals surface area contributed by atoms with E-state index in [9.17, 15) is 4.79 Å². The predicted molar refractivity (Wildman–Crippen MR) is 99.0 cm³/mol. The Morgan fingerprint density at radius 3 is 2.56 bits per heavy atom. The van der Waals surface area contributed by atoms with Crippen LogP contribution in [0.3, 0.4) is 0 Å². The quantitative estimate of drug-likeness (QED) is 0.845. The lowest BCUT2D eigenvalue weighted by Crippen LogP contribution is -2.35. The van der Waals surface area contributed by atoms with Crippen LogP contribution in [0.2, 0.25) is 0 Å². The molecule has 0 aliphatic carbocycles. The molecule has 1 amide bonds. The second-order valence-corrected chi connectivity index (χ2v) is 7.24. The van der Waals surface area contributed by atoms with E-state index in [1.807, 2.05) is 29.2 Å². The standard InChI is InChI=1S/C22H25NO2/c24-22(23-12-4-1-5-13-23)19-10-8-17(9-11-19)14-18-15-20-6-2-3-7-21(20)25-16-18/h2-3,6-11,18H,1,4-5,12-16H2. The predicted octanol–water partition coefficient (Wildman–Crippen LogP) is 4.11. The molecule has 2 aliphatic rings. The fourth-order valence-electron chi connectivity index (χ4n) is 3.92. The normalized spacial score (nSPS) is 19.8. The number of nitrogens with zero attached hydrogens (tertiary/aromatic N) is 1. The van der Waals surface area contributed by atoms with Crippen LogP contribution in [-0.2, 0) is 12.8 Å². The van der Waals surface area contributed by atoms with E-state index in [0.717, 1.165) is 56.7 Å². The molecule has 3 heteroatoms. The third kappa shape index (κ3) is 3.71. The van der Waals surface area contributed by atoms with E-state index in [4.69, 9.17) is 4.74 Å². The van der Waals surface area contributed by atoms with Crippen LogP contribution in [0.4, 0.5) is 0 Å². The zero-order chi connectivity index (χ0) is 17.1. The number of ether oxygens (including phenoxy) is 1. The van der Waals surface area contributed by atoms with Crippen molar-refractivity contribution in [2.75, 3.05) is 19.7 Å². The van der Waals surface area contributed by atoms with Gasteiger partial charge in [-0.15, -0.1) is 0 Å². The molecular weight excluding hydrogens is 310 g/mol. The Balaban J connectivity index is 1.38. The summed E-state index contributed by atoms with van der Waals surface area (Å²) in [6.45, 7) is 2.57. The summed E-state index contributed by atoms with van der Waals surface area (Å²) in [5, 5.41) is 0. The minimum atomic E-state index is 0.182. The molecule has 130 valence electrons. The Bertz CT molecular complexity index is 732. The van der Waals surface area contributed by atoms with Gasteiger partial charge in [0.1, 0.15) is 5.75 Å². The van der Waals surface area contributed by atoms with E-state index in [0.29, 0.717) is 5.92 Å². The highest BCUT2D eigenvalue weighted by Crippen LogP contribution is 2.28. The van der Waals surface area contributed by atoms with Crippen LogP contribution in [0.1, 0.15) is 40.7 Å². The van der Waals surface area contributed by atoms with Crippen molar-refractivity contribution in [3.63, 3.8) is 0 Å². The van der Waals surface area contributed by atoms with Gasteiger partial charge in [0.2, 0.25) is 0 Å². The molecule has 0 saturated carbocycles. The Morgan fingerprint density at radius 1 is 1.00 bits per heavy atom. The summed E-state index contributed by atoms with van der Waals surface area (Å²) in [7, 11) is 0. The van der Waals surface area contributed by atoms with E-state index in [1.54, 1.807) is 0 Å². The number of hydrogen-bond acceptors (Lipinski definition) is 2. The van der Waals surface area contributed by atoms with Crippen molar-refractivity contribution in [3.05, 3.63) is 65.2 Å². The number of amides is 1. The van der Waals surface area contributed by atoms with Gasteiger partial charge in [-0.1, -0.05) is 30.3 Å². The van der Waals surface area contributed by atoms with Crippen molar-refractivity contribution in [2.45, 2.75) is 32.1 Å². The third-order valence-electron chi connectivity index (χ3n) is 5.32. The first kappa shape index (κ1) is 16.2. The minimum Gasteiger partial charge on any atom is -0.493 e. The lowest BCUT2D eigenvalue weighted by atomic mass is 9.91. The number of carbonyl (C=O) groups is 1. The molecule has 0 aromatic heterocycles. The van der Waals surface area contributed by atoms with Gasteiger partial charge in [0.25, 0.3) is 5.91 Å². The van der Waals surface area contributed by atoms with E-state index in [1.165, 1.54) is 17.5 Å². The number of benzene rings is 2. The number of likely N-dealkylation sites (tertiary alicyclic amines) is 1. The SMILES string of the molecule is O=C(c1ccc(CC2COc3ccccc3C2)cc1)N1CCCCC1. The van der Waals surface area contributed by atoms with Gasteiger partial charge in [0.15, 0.2) is 0 Å².